The second kappa shape index (κ2) is 6.21. The van der Waals surface area contributed by atoms with Crippen molar-refractivity contribution in [1.29, 1.82) is 0 Å². The molecule has 1 rings (SSSR count). The van der Waals surface area contributed by atoms with Crippen molar-refractivity contribution in [2.45, 2.75) is 13.8 Å². The van der Waals surface area contributed by atoms with Crippen molar-refractivity contribution in [2.24, 2.45) is 5.92 Å². The van der Waals surface area contributed by atoms with E-state index in [1.165, 1.54) is 18.2 Å². The number of rotatable bonds is 6. The zero-order valence-electron chi connectivity index (χ0n) is 10.6. The van der Waals surface area contributed by atoms with Crippen molar-refractivity contribution >= 4 is 33.0 Å². The van der Waals surface area contributed by atoms with Gasteiger partial charge in [0.05, 0.1) is 16.4 Å². The number of nitrogens with zero attached hydrogens (tertiary/aromatic N) is 1. The molecule has 106 valence electrons. The Kier molecular flexibility index (Phi) is 5.13. The van der Waals surface area contributed by atoms with Crippen LogP contribution in [0.2, 0.25) is 0 Å². The fraction of sp³-hybridized carbons (Fsp3) is 0.455. The van der Waals surface area contributed by atoms with Crippen molar-refractivity contribution in [3.8, 4) is 0 Å². The van der Waals surface area contributed by atoms with Gasteiger partial charge >= 0.3 is 0 Å². The maximum Gasteiger partial charge on any atom is 0.269 e. The van der Waals surface area contributed by atoms with Crippen molar-refractivity contribution < 1.29 is 13.3 Å². The first kappa shape index (κ1) is 15.7. The molecule has 6 nitrogen and oxygen atoms in total. The average molecular weight is 307 g/mol. The number of nitrogens with one attached hydrogen (secondary N) is 1. The van der Waals surface area contributed by atoms with E-state index in [0.717, 1.165) is 0 Å². The Labute approximate surface area is 117 Å². The lowest BCUT2D eigenvalue weighted by Crippen LogP contribution is -2.22. The number of aryl methyl sites for hydroxylation is 1. The number of nitro benzene ring substituents is 1. The third-order valence-corrected chi connectivity index (χ3v) is 4.52. The number of alkyl halides is 1. The molecule has 1 N–H and O–H groups in total. The minimum Gasteiger partial charge on any atom is -0.283 e. The van der Waals surface area contributed by atoms with E-state index in [2.05, 4.69) is 4.72 Å². The van der Waals surface area contributed by atoms with E-state index < -0.39 is 14.9 Å². The minimum absolute atomic E-state index is 0.0745. The van der Waals surface area contributed by atoms with Crippen LogP contribution in [0, 0.1) is 23.0 Å². The third kappa shape index (κ3) is 4.68. The molecule has 0 aliphatic rings. The SMILES string of the molecule is Cc1cc([N+](=O)[O-])ccc1NS(=O)(=O)CC(C)CCl. The lowest BCUT2D eigenvalue weighted by atomic mass is 10.2. The Morgan fingerprint density at radius 3 is 2.58 bits per heavy atom. The van der Waals surface area contributed by atoms with Gasteiger partial charge < -0.3 is 0 Å². The molecule has 0 saturated heterocycles. The molecule has 0 aliphatic heterocycles. The van der Waals surface area contributed by atoms with Gasteiger partial charge in [-0.1, -0.05) is 6.92 Å². The summed E-state index contributed by atoms with van der Waals surface area (Å²) in [6.07, 6.45) is 0. The summed E-state index contributed by atoms with van der Waals surface area (Å²) >= 11 is 5.58. The first-order chi connectivity index (χ1) is 8.75. The van der Waals surface area contributed by atoms with Gasteiger partial charge in [0.15, 0.2) is 0 Å². The summed E-state index contributed by atoms with van der Waals surface area (Å²) in [6, 6.07) is 3.97. The summed E-state index contributed by atoms with van der Waals surface area (Å²) in [5.74, 6) is -0.00916. The van der Waals surface area contributed by atoms with Gasteiger partial charge in [-0.3, -0.25) is 14.8 Å². The van der Waals surface area contributed by atoms with Crippen LogP contribution >= 0.6 is 11.6 Å². The molecule has 0 radical (unpaired) electrons. The van der Waals surface area contributed by atoms with Crippen molar-refractivity contribution in [3.05, 3.63) is 33.9 Å². The van der Waals surface area contributed by atoms with Gasteiger partial charge in [-0.05, 0) is 24.5 Å². The smallest absolute Gasteiger partial charge is 0.269 e. The lowest BCUT2D eigenvalue weighted by Gasteiger charge is -2.12. The molecule has 0 saturated carbocycles. The van der Waals surface area contributed by atoms with Crippen molar-refractivity contribution in [3.63, 3.8) is 0 Å². The highest BCUT2D eigenvalue weighted by Gasteiger charge is 2.17. The Bertz CT molecular complexity index is 574. The van der Waals surface area contributed by atoms with Gasteiger partial charge in [0.1, 0.15) is 0 Å². The predicted octanol–water partition coefficient (Wildman–Crippen LogP) is 2.52. The van der Waals surface area contributed by atoms with E-state index in [9.17, 15) is 18.5 Å². The quantitative estimate of drug-likeness (QED) is 0.497. The number of sulfonamides is 1. The predicted molar refractivity (Wildman–Crippen MR) is 75.1 cm³/mol. The first-order valence-electron chi connectivity index (χ1n) is 5.56. The fourth-order valence-corrected chi connectivity index (χ4v) is 3.26. The van der Waals surface area contributed by atoms with Gasteiger partial charge in [-0.25, -0.2) is 8.42 Å². The highest BCUT2D eigenvalue weighted by atomic mass is 35.5. The van der Waals surface area contributed by atoms with E-state index in [1.54, 1.807) is 13.8 Å². The molecular formula is C11H15ClN2O4S. The maximum atomic E-state index is 11.8. The second-order valence-electron chi connectivity index (χ2n) is 4.40. The topological polar surface area (TPSA) is 89.3 Å². The Morgan fingerprint density at radius 2 is 2.11 bits per heavy atom. The van der Waals surface area contributed by atoms with Crippen LogP contribution in [0.25, 0.3) is 0 Å². The molecule has 1 atom stereocenters. The molecule has 0 aromatic heterocycles. The zero-order chi connectivity index (χ0) is 14.6. The van der Waals surface area contributed by atoms with Crippen LogP contribution in [0.1, 0.15) is 12.5 Å². The van der Waals surface area contributed by atoms with Gasteiger partial charge in [-0.15, -0.1) is 11.6 Å². The van der Waals surface area contributed by atoms with Crippen LogP contribution in [0.4, 0.5) is 11.4 Å². The molecule has 1 aromatic carbocycles. The van der Waals surface area contributed by atoms with E-state index >= 15 is 0 Å². The molecule has 8 heteroatoms. The van der Waals surface area contributed by atoms with Crippen LogP contribution < -0.4 is 4.72 Å². The van der Waals surface area contributed by atoms with Crippen molar-refractivity contribution in [1.82, 2.24) is 0 Å². The lowest BCUT2D eigenvalue weighted by molar-refractivity contribution is -0.384. The minimum atomic E-state index is -3.51. The summed E-state index contributed by atoms with van der Waals surface area (Å²) in [6.45, 7) is 3.34. The van der Waals surface area contributed by atoms with Gasteiger partial charge in [-0.2, -0.15) is 0 Å². The van der Waals surface area contributed by atoms with Gasteiger partial charge in [0.25, 0.3) is 5.69 Å². The molecule has 0 bridgehead atoms. The highest BCUT2D eigenvalue weighted by molar-refractivity contribution is 7.92. The van der Waals surface area contributed by atoms with Gasteiger partial charge in [0.2, 0.25) is 10.0 Å². The Hall–Kier alpha value is -1.34. The summed E-state index contributed by atoms with van der Waals surface area (Å²) in [5, 5.41) is 10.6. The standard InChI is InChI=1S/C11H15ClN2O4S/c1-8(6-12)7-19(17,18)13-11-4-3-10(14(15)16)5-9(11)2/h3-5,8,13H,6-7H2,1-2H3. The van der Waals surface area contributed by atoms with E-state index in [1.807, 2.05) is 0 Å². The summed E-state index contributed by atoms with van der Waals surface area (Å²) in [4.78, 5) is 10.1. The number of anilines is 1. The second-order valence-corrected chi connectivity index (χ2v) is 6.47. The third-order valence-electron chi connectivity index (χ3n) is 2.45. The van der Waals surface area contributed by atoms with Crippen LogP contribution in [0.5, 0.6) is 0 Å². The summed E-state index contributed by atoms with van der Waals surface area (Å²) in [5.41, 5.74) is 0.762. The van der Waals surface area contributed by atoms with Crippen molar-refractivity contribution in [2.75, 3.05) is 16.4 Å². The Morgan fingerprint density at radius 1 is 1.47 bits per heavy atom. The Balaban J connectivity index is 2.91. The number of hydrogen-bond donors (Lipinski definition) is 1. The van der Waals surface area contributed by atoms with E-state index in [4.69, 9.17) is 11.6 Å². The molecule has 0 spiro atoms. The molecule has 0 aliphatic carbocycles. The van der Waals surface area contributed by atoms with Gasteiger partial charge in [0, 0.05) is 18.0 Å². The normalized spacial score (nSPS) is 13.0. The monoisotopic (exact) mass is 306 g/mol. The van der Waals surface area contributed by atoms with E-state index in [-0.39, 0.29) is 23.2 Å². The molecule has 1 aromatic rings. The first-order valence-corrected chi connectivity index (χ1v) is 7.75. The largest absolute Gasteiger partial charge is 0.283 e. The molecule has 19 heavy (non-hydrogen) atoms. The molecule has 1 unspecified atom stereocenters. The van der Waals surface area contributed by atoms with Crippen LogP contribution in [-0.4, -0.2) is 25.0 Å². The summed E-state index contributed by atoms with van der Waals surface area (Å²) < 4.78 is 26.1. The van der Waals surface area contributed by atoms with Crippen LogP contribution in [0.15, 0.2) is 18.2 Å². The molecule has 0 amide bonds. The van der Waals surface area contributed by atoms with Crippen LogP contribution in [-0.2, 0) is 10.0 Å². The number of benzene rings is 1. The number of nitro groups is 1. The maximum absolute atomic E-state index is 11.8. The molecule has 0 fully saturated rings. The highest BCUT2D eigenvalue weighted by Crippen LogP contribution is 2.22. The number of non-ortho nitro benzene ring substituents is 1. The number of halogens is 1. The summed E-state index contributed by atoms with van der Waals surface area (Å²) in [7, 11) is -3.51. The number of hydrogen-bond acceptors (Lipinski definition) is 4. The zero-order valence-corrected chi connectivity index (χ0v) is 12.2. The fourth-order valence-electron chi connectivity index (χ4n) is 1.50. The average Bonchev–Trinajstić information content (AvgIpc) is 2.30. The van der Waals surface area contributed by atoms with Crippen LogP contribution in [0.3, 0.4) is 0 Å². The van der Waals surface area contributed by atoms with E-state index in [0.29, 0.717) is 11.3 Å². The molecular weight excluding hydrogens is 292 g/mol. The molecule has 0 heterocycles.